The predicted octanol–water partition coefficient (Wildman–Crippen LogP) is 3.75. The van der Waals surface area contributed by atoms with Crippen LogP contribution in [-0.4, -0.2) is 23.8 Å². The van der Waals surface area contributed by atoms with Gasteiger partial charge in [-0.1, -0.05) is 12.1 Å². The third-order valence-electron chi connectivity index (χ3n) is 3.36. The van der Waals surface area contributed by atoms with Crippen molar-refractivity contribution in [3.05, 3.63) is 54.2 Å². The summed E-state index contributed by atoms with van der Waals surface area (Å²) in [6, 6.07) is 9.27. The topological polar surface area (TPSA) is 70.9 Å². The van der Waals surface area contributed by atoms with E-state index in [9.17, 15) is 9.90 Å². The first-order chi connectivity index (χ1) is 11.4. The number of hydrogen-bond acceptors (Lipinski definition) is 4. The molecule has 2 rings (SSSR count). The van der Waals surface area contributed by atoms with E-state index in [1.165, 1.54) is 6.21 Å². The molecule has 24 heavy (non-hydrogen) atoms. The van der Waals surface area contributed by atoms with Gasteiger partial charge in [-0.25, -0.2) is 5.43 Å². The molecule has 0 saturated carbocycles. The van der Waals surface area contributed by atoms with E-state index in [0.29, 0.717) is 5.75 Å². The van der Waals surface area contributed by atoms with Crippen LogP contribution in [-0.2, 0) is 4.79 Å². The number of carbonyl (C=O) groups excluding carboxylic acids is 1. The predicted molar refractivity (Wildman–Crippen MR) is 111 cm³/mol. The molecule has 0 saturated heterocycles. The number of aryl methyl sites for hydroxylation is 1. The van der Waals surface area contributed by atoms with E-state index in [1.54, 1.807) is 12.1 Å². The molecule has 2 N–H and O–H groups in total. The lowest BCUT2D eigenvalue weighted by atomic mass is 10.1. The lowest BCUT2D eigenvalue weighted by molar-refractivity contribution is -0.123. The summed E-state index contributed by atoms with van der Waals surface area (Å²) < 4.78 is 6.97. The Kier molecular flexibility index (Phi) is 6.84. The molecular weight excluding hydrogens is 534 g/mol. The number of halogens is 2. The molecule has 0 atom stereocenters. The fourth-order valence-electron chi connectivity index (χ4n) is 1.89. The maximum atomic E-state index is 11.8. The van der Waals surface area contributed by atoms with Gasteiger partial charge in [0.15, 0.2) is 6.61 Å². The fraction of sp³-hybridized carbons (Fsp3) is 0.176. The smallest absolute Gasteiger partial charge is 0.277 e. The second kappa shape index (κ2) is 8.65. The minimum absolute atomic E-state index is 0.105. The maximum absolute atomic E-state index is 11.8. The molecule has 0 aliphatic rings. The molecular formula is C17H16I2N2O3. The summed E-state index contributed by atoms with van der Waals surface area (Å²) in [5.74, 6) is 0.603. The zero-order chi connectivity index (χ0) is 17.7. The Balaban J connectivity index is 1.90. The minimum atomic E-state index is -0.338. The SMILES string of the molecule is Cc1cccc(OCC(=O)NN=Cc2cc(I)c(O)c(I)c2)c1C. The fourth-order valence-corrected chi connectivity index (χ4v) is 3.71. The summed E-state index contributed by atoms with van der Waals surface area (Å²) in [6.07, 6.45) is 1.53. The van der Waals surface area contributed by atoms with Crippen LogP contribution in [0.5, 0.6) is 11.5 Å². The highest BCUT2D eigenvalue weighted by Gasteiger charge is 2.06. The number of amides is 1. The highest BCUT2D eigenvalue weighted by Crippen LogP contribution is 2.26. The van der Waals surface area contributed by atoms with Crippen molar-refractivity contribution in [2.45, 2.75) is 13.8 Å². The number of phenols is 1. The number of nitrogens with one attached hydrogen (secondary N) is 1. The number of nitrogens with zero attached hydrogens (tertiary/aromatic N) is 1. The number of rotatable bonds is 5. The Labute approximate surface area is 167 Å². The van der Waals surface area contributed by atoms with Crippen LogP contribution in [0.4, 0.5) is 0 Å². The van der Waals surface area contributed by atoms with E-state index in [2.05, 4.69) is 10.5 Å². The molecule has 1 amide bonds. The summed E-state index contributed by atoms with van der Waals surface area (Å²) in [6.45, 7) is 3.84. The zero-order valence-corrected chi connectivity index (χ0v) is 17.5. The Hall–Kier alpha value is -1.36. The molecule has 2 aromatic rings. The van der Waals surface area contributed by atoms with Crippen molar-refractivity contribution < 1.29 is 14.6 Å². The van der Waals surface area contributed by atoms with Gasteiger partial charge in [-0.05, 0) is 93.9 Å². The number of ether oxygens (including phenoxy) is 1. The second-order valence-electron chi connectivity index (χ2n) is 5.11. The van der Waals surface area contributed by atoms with Crippen molar-refractivity contribution in [1.82, 2.24) is 5.43 Å². The first kappa shape index (κ1) is 19.0. The Morgan fingerprint density at radius 3 is 2.62 bits per heavy atom. The van der Waals surface area contributed by atoms with Gasteiger partial charge in [0, 0.05) is 0 Å². The van der Waals surface area contributed by atoms with Crippen LogP contribution in [0.15, 0.2) is 35.4 Å². The summed E-state index contributed by atoms with van der Waals surface area (Å²) >= 11 is 4.08. The van der Waals surface area contributed by atoms with Crippen molar-refractivity contribution in [1.29, 1.82) is 0 Å². The molecule has 0 unspecified atom stereocenters. The van der Waals surface area contributed by atoms with E-state index < -0.39 is 0 Å². The molecule has 0 heterocycles. The Morgan fingerprint density at radius 2 is 1.96 bits per heavy atom. The van der Waals surface area contributed by atoms with Crippen LogP contribution in [0.1, 0.15) is 16.7 Å². The molecule has 126 valence electrons. The summed E-state index contributed by atoms with van der Waals surface area (Å²) in [4.78, 5) is 11.8. The number of hydrogen-bond donors (Lipinski definition) is 2. The van der Waals surface area contributed by atoms with Gasteiger partial charge in [-0.3, -0.25) is 4.79 Å². The maximum Gasteiger partial charge on any atom is 0.277 e. The van der Waals surface area contributed by atoms with Crippen molar-refractivity contribution in [2.24, 2.45) is 5.10 Å². The van der Waals surface area contributed by atoms with Gasteiger partial charge in [0.1, 0.15) is 11.5 Å². The number of aromatic hydroxyl groups is 1. The molecule has 0 aliphatic carbocycles. The van der Waals surface area contributed by atoms with E-state index in [4.69, 9.17) is 4.74 Å². The molecule has 2 aromatic carbocycles. The average molecular weight is 550 g/mol. The van der Waals surface area contributed by atoms with E-state index in [-0.39, 0.29) is 18.3 Å². The molecule has 0 spiro atoms. The second-order valence-corrected chi connectivity index (χ2v) is 7.44. The standard InChI is InChI=1S/C17H16I2N2O3/c1-10-4-3-5-15(11(10)2)24-9-16(22)21-20-8-12-6-13(18)17(23)14(19)7-12/h3-8,23H,9H2,1-2H3,(H,21,22). The molecule has 5 nitrogen and oxygen atoms in total. The van der Waals surface area contributed by atoms with Gasteiger partial charge in [-0.2, -0.15) is 5.10 Å². The van der Waals surface area contributed by atoms with Crippen molar-refractivity contribution in [3.63, 3.8) is 0 Å². The van der Waals surface area contributed by atoms with Crippen LogP contribution in [0.25, 0.3) is 0 Å². The largest absolute Gasteiger partial charge is 0.506 e. The van der Waals surface area contributed by atoms with Gasteiger partial charge in [-0.15, -0.1) is 0 Å². The monoisotopic (exact) mass is 550 g/mol. The Morgan fingerprint density at radius 1 is 1.29 bits per heavy atom. The first-order valence-electron chi connectivity index (χ1n) is 7.07. The molecule has 0 bridgehead atoms. The van der Waals surface area contributed by atoms with Gasteiger partial charge in [0.25, 0.3) is 5.91 Å². The zero-order valence-electron chi connectivity index (χ0n) is 13.1. The number of benzene rings is 2. The van der Waals surface area contributed by atoms with Gasteiger partial charge < -0.3 is 9.84 Å². The molecule has 0 radical (unpaired) electrons. The summed E-state index contributed by atoms with van der Waals surface area (Å²) in [7, 11) is 0. The first-order valence-corrected chi connectivity index (χ1v) is 9.23. The van der Waals surface area contributed by atoms with Crippen LogP contribution in [0.2, 0.25) is 0 Å². The molecule has 7 heteroatoms. The van der Waals surface area contributed by atoms with E-state index in [0.717, 1.165) is 23.8 Å². The van der Waals surface area contributed by atoms with Gasteiger partial charge in [0.05, 0.1) is 13.4 Å². The highest BCUT2D eigenvalue weighted by atomic mass is 127. The van der Waals surface area contributed by atoms with Crippen LogP contribution in [0, 0.1) is 21.0 Å². The van der Waals surface area contributed by atoms with Crippen molar-refractivity contribution >= 4 is 57.3 Å². The highest BCUT2D eigenvalue weighted by molar-refractivity contribution is 14.1. The molecule has 0 aliphatic heterocycles. The Bertz CT molecular complexity index is 768. The van der Waals surface area contributed by atoms with Gasteiger partial charge >= 0.3 is 0 Å². The average Bonchev–Trinajstić information content (AvgIpc) is 2.54. The lowest BCUT2D eigenvalue weighted by Crippen LogP contribution is -2.24. The van der Waals surface area contributed by atoms with Crippen LogP contribution in [0.3, 0.4) is 0 Å². The minimum Gasteiger partial charge on any atom is -0.506 e. The number of hydrazone groups is 1. The third-order valence-corrected chi connectivity index (χ3v) is 5.00. The van der Waals surface area contributed by atoms with Crippen LogP contribution < -0.4 is 10.2 Å². The van der Waals surface area contributed by atoms with Crippen molar-refractivity contribution in [2.75, 3.05) is 6.61 Å². The molecule has 0 aromatic heterocycles. The number of carbonyl (C=O) groups is 1. The van der Waals surface area contributed by atoms with Crippen LogP contribution >= 0.6 is 45.2 Å². The summed E-state index contributed by atoms with van der Waals surface area (Å²) in [5.41, 5.74) is 5.35. The number of phenolic OH excluding ortho intramolecular Hbond substituents is 1. The normalized spacial score (nSPS) is 10.8. The van der Waals surface area contributed by atoms with Crippen molar-refractivity contribution in [3.8, 4) is 11.5 Å². The third kappa shape index (κ3) is 5.07. The molecule has 0 fully saturated rings. The lowest BCUT2D eigenvalue weighted by Gasteiger charge is -2.09. The van der Waals surface area contributed by atoms with E-state index in [1.807, 2.05) is 77.2 Å². The van der Waals surface area contributed by atoms with Gasteiger partial charge in [0.2, 0.25) is 0 Å². The quantitative estimate of drug-likeness (QED) is 0.339. The summed E-state index contributed by atoms with van der Waals surface area (Å²) in [5, 5.41) is 13.6. The van der Waals surface area contributed by atoms with E-state index >= 15 is 0 Å².